The predicted molar refractivity (Wildman–Crippen MR) is 101 cm³/mol. The van der Waals surface area contributed by atoms with E-state index in [9.17, 15) is 4.79 Å². The van der Waals surface area contributed by atoms with Crippen LogP contribution >= 0.6 is 0 Å². The molecule has 1 fully saturated rings. The molecule has 0 spiro atoms. The zero-order valence-electron chi connectivity index (χ0n) is 15.1. The summed E-state index contributed by atoms with van der Waals surface area (Å²) in [7, 11) is 3.42. The molecule has 1 heterocycles. The molecule has 0 aromatic heterocycles. The van der Waals surface area contributed by atoms with Crippen LogP contribution in [0.5, 0.6) is 5.75 Å². The Morgan fingerprint density at radius 2 is 1.72 bits per heavy atom. The zero-order valence-corrected chi connectivity index (χ0v) is 15.1. The zero-order chi connectivity index (χ0) is 17.6. The van der Waals surface area contributed by atoms with Crippen molar-refractivity contribution in [3.8, 4) is 5.75 Å². The molecular formula is C21H26N2O2. The van der Waals surface area contributed by atoms with Crippen LogP contribution in [0.25, 0.3) is 0 Å². The first-order chi connectivity index (χ1) is 12.2. The van der Waals surface area contributed by atoms with E-state index < -0.39 is 0 Å². The van der Waals surface area contributed by atoms with Crippen molar-refractivity contribution in [2.75, 3.05) is 32.1 Å². The fraction of sp³-hybridized carbons (Fsp3) is 0.381. The molecule has 25 heavy (non-hydrogen) atoms. The average molecular weight is 338 g/mol. The largest absolute Gasteiger partial charge is 0.496 e. The van der Waals surface area contributed by atoms with E-state index in [0.29, 0.717) is 17.9 Å². The first kappa shape index (κ1) is 17.3. The van der Waals surface area contributed by atoms with E-state index >= 15 is 0 Å². The molecule has 2 aromatic rings. The van der Waals surface area contributed by atoms with Gasteiger partial charge in [-0.25, -0.2) is 0 Å². The van der Waals surface area contributed by atoms with Gasteiger partial charge in [-0.3, -0.25) is 4.79 Å². The van der Waals surface area contributed by atoms with Crippen LogP contribution in [0.3, 0.4) is 0 Å². The van der Waals surface area contributed by atoms with Crippen molar-refractivity contribution in [2.45, 2.75) is 25.8 Å². The summed E-state index contributed by atoms with van der Waals surface area (Å²) in [6.45, 7) is 2.87. The maximum Gasteiger partial charge on any atom is 0.257 e. The number of nitrogens with zero attached hydrogens (tertiary/aromatic N) is 2. The van der Waals surface area contributed by atoms with Gasteiger partial charge in [-0.15, -0.1) is 0 Å². The lowest BCUT2D eigenvalue weighted by Crippen LogP contribution is -2.29. The molecule has 1 aliphatic heterocycles. The van der Waals surface area contributed by atoms with Crippen molar-refractivity contribution < 1.29 is 9.53 Å². The van der Waals surface area contributed by atoms with Crippen molar-refractivity contribution in [3.63, 3.8) is 0 Å². The summed E-state index contributed by atoms with van der Waals surface area (Å²) < 4.78 is 5.30. The Kier molecular flexibility index (Phi) is 5.59. The first-order valence-corrected chi connectivity index (χ1v) is 8.91. The number of para-hydroxylation sites is 1. The van der Waals surface area contributed by atoms with Gasteiger partial charge in [0.2, 0.25) is 0 Å². The molecule has 4 heteroatoms. The van der Waals surface area contributed by atoms with Gasteiger partial charge in [0.25, 0.3) is 5.91 Å². The Labute approximate surface area is 150 Å². The van der Waals surface area contributed by atoms with Crippen LogP contribution in [0.4, 0.5) is 5.69 Å². The number of rotatable bonds is 5. The third kappa shape index (κ3) is 4.13. The van der Waals surface area contributed by atoms with Crippen LogP contribution in [0, 0.1) is 0 Å². The van der Waals surface area contributed by atoms with Crippen molar-refractivity contribution in [3.05, 3.63) is 59.7 Å². The molecule has 0 unspecified atom stereocenters. The number of hydrogen-bond donors (Lipinski definition) is 0. The number of piperidine rings is 1. The van der Waals surface area contributed by atoms with E-state index in [1.165, 1.54) is 24.9 Å². The molecule has 0 saturated carbocycles. The minimum Gasteiger partial charge on any atom is -0.496 e. The highest BCUT2D eigenvalue weighted by Crippen LogP contribution is 2.22. The molecule has 1 saturated heterocycles. The standard InChI is InChI=1S/C21H26N2O2/c1-22(21(24)19-8-4-5-9-20(19)25-2)16-17-10-12-18(13-11-17)23-14-6-3-7-15-23/h4-5,8-13H,3,6-7,14-16H2,1-2H3. The number of anilines is 1. The molecule has 132 valence electrons. The van der Waals surface area contributed by atoms with E-state index in [0.717, 1.165) is 18.7 Å². The normalized spacial score (nSPS) is 14.2. The number of carbonyl (C=O) groups is 1. The Balaban J connectivity index is 1.66. The molecule has 0 N–H and O–H groups in total. The van der Waals surface area contributed by atoms with Crippen molar-refractivity contribution >= 4 is 11.6 Å². The lowest BCUT2D eigenvalue weighted by molar-refractivity contribution is 0.0781. The van der Waals surface area contributed by atoms with Gasteiger partial charge < -0.3 is 14.5 Å². The Morgan fingerprint density at radius 1 is 1.04 bits per heavy atom. The molecule has 3 rings (SSSR count). The second-order valence-electron chi connectivity index (χ2n) is 6.58. The quantitative estimate of drug-likeness (QED) is 0.827. The van der Waals surface area contributed by atoms with Gasteiger partial charge in [0.05, 0.1) is 12.7 Å². The summed E-state index contributed by atoms with van der Waals surface area (Å²) in [4.78, 5) is 16.9. The molecule has 1 aliphatic rings. The number of amides is 1. The summed E-state index contributed by atoms with van der Waals surface area (Å²) in [5.74, 6) is 0.581. The van der Waals surface area contributed by atoms with Crippen LogP contribution in [0.1, 0.15) is 35.2 Å². The fourth-order valence-corrected chi connectivity index (χ4v) is 3.34. The molecule has 0 bridgehead atoms. The number of carbonyl (C=O) groups excluding carboxylic acids is 1. The summed E-state index contributed by atoms with van der Waals surface area (Å²) in [6, 6.07) is 15.9. The Bertz CT molecular complexity index is 706. The third-order valence-electron chi connectivity index (χ3n) is 4.76. The molecular weight excluding hydrogens is 312 g/mol. The highest BCUT2D eigenvalue weighted by atomic mass is 16.5. The lowest BCUT2D eigenvalue weighted by Gasteiger charge is -2.29. The van der Waals surface area contributed by atoms with Crippen molar-refractivity contribution in [2.24, 2.45) is 0 Å². The second-order valence-corrected chi connectivity index (χ2v) is 6.58. The summed E-state index contributed by atoms with van der Waals surface area (Å²) in [6.07, 6.45) is 3.89. The number of methoxy groups -OCH3 is 1. The number of ether oxygens (including phenoxy) is 1. The van der Waals surface area contributed by atoms with E-state index in [1.807, 2.05) is 25.2 Å². The van der Waals surface area contributed by atoms with Crippen LogP contribution in [0.15, 0.2) is 48.5 Å². The molecule has 1 amide bonds. The molecule has 0 atom stereocenters. The smallest absolute Gasteiger partial charge is 0.257 e. The van der Waals surface area contributed by atoms with Crippen molar-refractivity contribution in [1.82, 2.24) is 4.90 Å². The van der Waals surface area contributed by atoms with Gasteiger partial charge in [0.15, 0.2) is 0 Å². The summed E-state index contributed by atoms with van der Waals surface area (Å²) in [5.41, 5.74) is 3.01. The van der Waals surface area contributed by atoms with Gasteiger partial charge >= 0.3 is 0 Å². The van der Waals surface area contributed by atoms with Crippen LogP contribution in [0.2, 0.25) is 0 Å². The molecule has 0 radical (unpaired) electrons. The average Bonchev–Trinajstić information content (AvgIpc) is 2.68. The van der Waals surface area contributed by atoms with Crippen LogP contribution in [-0.2, 0) is 6.54 Å². The minimum absolute atomic E-state index is 0.0300. The number of hydrogen-bond acceptors (Lipinski definition) is 3. The molecule has 2 aromatic carbocycles. The third-order valence-corrected chi connectivity index (χ3v) is 4.76. The summed E-state index contributed by atoms with van der Waals surface area (Å²) >= 11 is 0. The number of benzene rings is 2. The van der Waals surface area contributed by atoms with Crippen LogP contribution in [-0.4, -0.2) is 38.1 Å². The SMILES string of the molecule is COc1ccccc1C(=O)N(C)Cc1ccc(N2CCCCC2)cc1. The van der Waals surface area contributed by atoms with E-state index in [2.05, 4.69) is 29.2 Å². The summed E-state index contributed by atoms with van der Waals surface area (Å²) in [5, 5.41) is 0. The lowest BCUT2D eigenvalue weighted by atomic mass is 10.1. The Morgan fingerprint density at radius 3 is 2.40 bits per heavy atom. The minimum atomic E-state index is -0.0300. The van der Waals surface area contributed by atoms with E-state index in [1.54, 1.807) is 18.1 Å². The highest BCUT2D eigenvalue weighted by Gasteiger charge is 2.16. The molecule has 4 nitrogen and oxygen atoms in total. The highest BCUT2D eigenvalue weighted by molar-refractivity contribution is 5.96. The van der Waals surface area contributed by atoms with Crippen molar-refractivity contribution in [1.29, 1.82) is 0 Å². The monoisotopic (exact) mass is 338 g/mol. The predicted octanol–water partition coefficient (Wildman–Crippen LogP) is 3.96. The van der Waals surface area contributed by atoms with Gasteiger partial charge in [-0.1, -0.05) is 24.3 Å². The van der Waals surface area contributed by atoms with E-state index in [4.69, 9.17) is 4.74 Å². The van der Waals surface area contributed by atoms with Gasteiger partial charge in [0.1, 0.15) is 5.75 Å². The maximum atomic E-state index is 12.7. The first-order valence-electron chi connectivity index (χ1n) is 8.91. The Hall–Kier alpha value is -2.49. The topological polar surface area (TPSA) is 32.8 Å². The van der Waals surface area contributed by atoms with Gasteiger partial charge in [0, 0.05) is 32.4 Å². The molecule has 0 aliphatic carbocycles. The maximum absolute atomic E-state index is 12.7. The second kappa shape index (κ2) is 8.06. The fourth-order valence-electron chi connectivity index (χ4n) is 3.34. The van der Waals surface area contributed by atoms with Gasteiger partial charge in [-0.05, 0) is 49.1 Å². The van der Waals surface area contributed by atoms with E-state index in [-0.39, 0.29) is 5.91 Å². The van der Waals surface area contributed by atoms with Crippen LogP contribution < -0.4 is 9.64 Å². The van der Waals surface area contributed by atoms with Gasteiger partial charge in [-0.2, -0.15) is 0 Å².